The van der Waals surface area contributed by atoms with E-state index in [0.717, 1.165) is 93.5 Å². The first-order chi connectivity index (χ1) is 24.1. The van der Waals surface area contributed by atoms with Crippen LogP contribution in [0.25, 0.3) is 0 Å². The van der Waals surface area contributed by atoms with Gasteiger partial charge in [0.1, 0.15) is 6.10 Å². The molecule has 4 rings (SSSR count). The Morgan fingerprint density at radius 2 is 1.58 bits per heavy atom. The van der Waals surface area contributed by atoms with Crippen molar-refractivity contribution in [2.24, 2.45) is 57.8 Å². The van der Waals surface area contributed by atoms with E-state index in [1.165, 1.54) is 77.0 Å². The van der Waals surface area contributed by atoms with Crippen LogP contribution in [0.2, 0.25) is 0 Å². The minimum absolute atomic E-state index is 0.0116. The zero-order chi connectivity index (χ0) is 36.1. The average molecular weight is 698 g/mol. The van der Waals surface area contributed by atoms with E-state index >= 15 is 0 Å². The molecule has 0 aromatic carbocycles. The Morgan fingerprint density at radius 1 is 0.860 bits per heavy atom. The number of rotatable bonds is 22. The monoisotopic (exact) mass is 698 g/mol. The highest BCUT2D eigenvalue weighted by Crippen LogP contribution is 2.67. The average Bonchev–Trinajstić information content (AvgIpc) is 3.43. The van der Waals surface area contributed by atoms with E-state index in [1.54, 1.807) is 5.57 Å². The molecule has 0 saturated heterocycles. The topological polar surface area (TPSA) is 98.7 Å². The zero-order valence-electron chi connectivity index (χ0n) is 33.3. The maximum Gasteiger partial charge on any atom is 0.306 e. The van der Waals surface area contributed by atoms with Crippen LogP contribution in [0.3, 0.4) is 0 Å². The van der Waals surface area contributed by atoms with E-state index in [2.05, 4.69) is 40.7 Å². The molecule has 6 nitrogen and oxygen atoms in total. The van der Waals surface area contributed by atoms with Crippen LogP contribution in [0.1, 0.15) is 176 Å². The Kier molecular flexibility index (Phi) is 16.7. The number of carbonyl (C=O) groups is 2. The summed E-state index contributed by atoms with van der Waals surface area (Å²) < 4.78 is 6.10. The van der Waals surface area contributed by atoms with Crippen molar-refractivity contribution >= 4 is 11.9 Å². The van der Waals surface area contributed by atoms with Crippen molar-refractivity contribution in [3.05, 3.63) is 11.6 Å². The van der Waals surface area contributed by atoms with Gasteiger partial charge in [-0.25, -0.2) is 0 Å². The maximum absolute atomic E-state index is 13.1. The molecule has 0 aromatic rings. The molecule has 50 heavy (non-hydrogen) atoms. The molecule has 0 heterocycles. The van der Waals surface area contributed by atoms with E-state index < -0.39 is 0 Å². The third-order valence-corrected chi connectivity index (χ3v) is 14.8. The summed E-state index contributed by atoms with van der Waals surface area (Å²) in [5.74, 6) is 5.13. The van der Waals surface area contributed by atoms with Crippen molar-refractivity contribution in [1.29, 1.82) is 0 Å². The second-order valence-electron chi connectivity index (χ2n) is 18.1. The third kappa shape index (κ3) is 10.6. The van der Waals surface area contributed by atoms with Crippen molar-refractivity contribution in [3.63, 3.8) is 0 Å². The predicted octanol–water partition coefficient (Wildman–Crippen LogP) is 9.98. The molecule has 4 aliphatic carbocycles. The highest BCUT2D eigenvalue weighted by atomic mass is 16.5. The van der Waals surface area contributed by atoms with Crippen molar-refractivity contribution in [3.8, 4) is 0 Å². The summed E-state index contributed by atoms with van der Waals surface area (Å²) in [6.07, 6.45) is 27.1. The summed E-state index contributed by atoms with van der Waals surface area (Å²) in [6, 6.07) is 0. The van der Waals surface area contributed by atoms with E-state index in [1.807, 2.05) is 4.90 Å². The SMILES string of the molecule is CCC(CCCC1CCC2C3CC=C4CC(OC(=O)CCCC(=O)N(CCCN)CCCCCCCCN)CCC4(C)C3CCC12C)C(C)C. The van der Waals surface area contributed by atoms with E-state index in [-0.39, 0.29) is 23.4 Å². The first-order valence-electron chi connectivity index (χ1n) is 21.6. The molecule has 0 aromatic heterocycles. The number of unbranched alkanes of at least 4 members (excludes halogenated alkanes) is 5. The van der Waals surface area contributed by atoms with Gasteiger partial charge in [-0.2, -0.15) is 0 Å². The van der Waals surface area contributed by atoms with Crippen LogP contribution in [0.4, 0.5) is 0 Å². The van der Waals surface area contributed by atoms with Crippen molar-refractivity contribution in [2.45, 2.75) is 182 Å². The predicted molar refractivity (Wildman–Crippen MR) is 208 cm³/mol. The lowest BCUT2D eigenvalue weighted by Gasteiger charge is -2.58. The van der Waals surface area contributed by atoms with Crippen LogP contribution in [0.15, 0.2) is 11.6 Å². The van der Waals surface area contributed by atoms with E-state index in [0.29, 0.717) is 37.8 Å². The van der Waals surface area contributed by atoms with Crippen LogP contribution in [-0.2, 0) is 14.3 Å². The Labute approximate surface area is 308 Å². The van der Waals surface area contributed by atoms with Gasteiger partial charge in [0, 0.05) is 32.4 Å². The smallest absolute Gasteiger partial charge is 0.306 e. The molecule has 6 heteroatoms. The number of nitrogens with two attached hydrogens (primary N) is 2. The molecule has 0 bridgehead atoms. The molecule has 3 saturated carbocycles. The van der Waals surface area contributed by atoms with Crippen molar-refractivity contribution in [1.82, 2.24) is 4.90 Å². The van der Waals surface area contributed by atoms with Crippen LogP contribution in [-0.4, -0.2) is 49.1 Å². The second kappa shape index (κ2) is 20.2. The first-order valence-corrected chi connectivity index (χ1v) is 21.6. The Morgan fingerprint density at radius 3 is 2.30 bits per heavy atom. The minimum atomic E-state index is -0.129. The molecular formula is C44H79N3O3. The Bertz CT molecular complexity index is 1070. The molecule has 0 aliphatic heterocycles. The molecular weight excluding hydrogens is 619 g/mol. The Balaban J connectivity index is 1.21. The molecule has 4 aliphatic rings. The summed E-state index contributed by atoms with van der Waals surface area (Å²) in [6.45, 7) is 15.3. The van der Waals surface area contributed by atoms with Gasteiger partial charge in [0.2, 0.25) is 5.91 Å². The molecule has 3 fully saturated rings. The van der Waals surface area contributed by atoms with Crippen LogP contribution >= 0.6 is 0 Å². The number of hydrogen-bond donors (Lipinski definition) is 2. The number of hydrogen-bond acceptors (Lipinski definition) is 5. The summed E-state index contributed by atoms with van der Waals surface area (Å²) >= 11 is 0. The first kappa shape index (κ1) is 41.4. The van der Waals surface area contributed by atoms with Gasteiger partial charge in [0.25, 0.3) is 0 Å². The van der Waals surface area contributed by atoms with Gasteiger partial charge in [-0.3, -0.25) is 9.59 Å². The highest BCUT2D eigenvalue weighted by molar-refractivity contribution is 5.77. The van der Waals surface area contributed by atoms with Crippen LogP contribution in [0, 0.1) is 46.3 Å². The quantitative estimate of drug-likeness (QED) is 0.0667. The van der Waals surface area contributed by atoms with E-state index in [4.69, 9.17) is 16.2 Å². The number of esters is 1. The lowest BCUT2D eigenvalue weighted by molar-refractivity contribution is -0.151. The second-order valence-corrected chi connectivity index (χ2v) is 18.1. The largest absolute Gasteiger partial charge is 0.462 e. The van der Waals surface area contributed by atoms with Gasteiger partial charge in [-0.15, -0.1) is 0 Å². The fourth-order valence-corrected chi connectivity index (χ4v) is 11.5. The van der Waals surface area contributed by atoms with Crippen molar-refractivity contribution < 1.29 is 14.3 Å². The molecule has 288 valence electrons. The van der Waals surface area contributed by atoms with Crippen LogP contribution in [0.5, 0.6) is 0 Å². The number of carbonyl (C=O) groups excluding carboxylic acids is 2. The number of nitrogens with zero attached hydrogens (tertiary/aromatic N) is 1. The lowest BCUT2D eigenvalue weighted by atomic mass is 9.47. The van der Waals surface area contributed by atoms with Gasteiger partial charge < -0.3 is 21.1 Å². The lowest BCUT2D eigenvalue weighted by Crippen LogP contribution is -2.50. The molecule has 1 amide bonds. The molecule has 0 radical (unpaired) electrons. The highest BCUT2D eigenvalue weighted by Gasteiger charge is 2.58. The van der Waals surface area contributed by atoms with Gasteiger partial charge in [0.05, 0.1) is 0 Å². The molecule has 0 spiro atoms. The maximum atomic E-state index is 13.1. The minimum Gasteiger partial charge on any atom is -0.462 e. The van der Waals surface area contributed by atoms with Gasteiger partial charge in [-0.1, -0.05) is 91.2 Å². The van der Waals surface area contributed by atoms with Gasteiger partial charge >= 0.3 is 5.97 Å². The number of fused-ring (bicyclic) bond motifs is 5. The fraction of sp³-hybridized carbons (Fsp3) is 0.909. The zero-order valence-corrected chi connectivity index (χ0v) is 33.3. The molecule has 4 N–H and O–H groups in total. The molecule has 8 unspecified atom stereocenters. The molecule has 8 atom stereocenters. The van der Waals surface area contributed by atoms with Crippen molar-refractivity contribution in [2.75, 3.05) is 26.2 Å². The summed E-state index contributed by atoms with van der Waals surface area (Å²) in [5, 5.41) is 0. The summed E-state index contributed by atoms with van der Waals surface area (Å²) in [7, 11) is 0. The standard InChI is InChI=1S/C44H79N3O3/c1-6-34(33(2)3)16-13-17-35-21-23-39-38-22-20-36-32-37(24-26-44(36,5)40(38)25-27-43(35,39)4)50-42(49)19-14-18-41(48)47(31-15-29-46)30-12-10-8-7-9-11-28-45/h20,33-35,37-40H,6-19,21-32,45-46H2,1-5H3. The van der Waals surface area contributed by atoms with Crippen LogP contribution < -0.4 is 11.5 Å². The number of amides is 1. The normalized spacial score (nSPS) is 31.0. The fourth-order valence-electron chi connectivity index (χ4n) is 11.5. The summed E-state index contributed by atoms with van der Waals surface area (Å²) in [5.41, 5.74) is 13.7. The Hall–Kier alpha value is -1.40. The number of ether oxygens (including phenoxy) is 1. The number of allylic oxidation sites excluding steroid dienone is 1. The third-order valence-electron chi connectivity index (χ3n) is 14.8. The van der Waals surface area contributed by atoms with Gasteiger partial charge in [-0.05, 0) is 136 Å². The van der Waals surface area contributed by atoms with E-state index in [9.17, 15) is 9.59 Å². The van der Waals surface area contributed by atoms with Gasteiger partial charge in [0.15, 0.2) is 0 Å². The summed E-state index contributed by atoms with van der Waals surface area (Å²) in [4.78, 5) is 28.0.